The quantitative estimate of drug-likeness (QED) is 0.515. The van der Waals surface area contributed by atoms with Crippen LogP contribution in [0.25, 0.3) is 10.9 Å². The van der Waals surface area contributed by atoms with Crippen LogP contribution in [0.2, 0.25) is 0 Å². The van der Waals surface area contributed by atoms with Gasteiger partial charge in [-0.05, 0) is 39.8 Å². The number of pyridine rings is 1. The zero-order chi connectivity index (χ0) is 24.1. The molecule has 176 valence electrons. The summed E-state index contributed by atoms with van der Waals surface area (Å²) < 4.78 is 43.7. The lowest BCUT2D eigenvalue weighted by molar-refractivity contribution is -0.108. The number of hydrogen-bond acceptors (Lipinski definition) is 7. The third-order valence-corrected chi connectivity index (χ3v) is 5.93. The molecule has 7 nitrogen and oxygen atoms in total. The summed E-state index contributed by atoms with van der Waals surface area (Å²) in [7, 11) is 0. The van der Waals surface area contributed by atoms with E-state index in [2.05, 4.69) is 20.5 Å². The van der Waals surface area contributed by atoms with E-state index in [1.54, 1.807) is 27.0 Å². The first-order valence-corrected chi connectivity index (χ1v) is 10.6. The fourth-order valence-corrected chi connectivity index (χ4v) is 4.04. The molecule has 3 aromatic rings. The molecule has 33 heavy (non-hydrogen) atoms. The van der Waals surface area contributed by atoms with Gasteiger partial charge in [0.25, 0.3) is 0 Å². The van der Waals surface area contributed by atoms with Gasteiger partial charge in [0.05, 0.1) is 40.3 Å². The summed E-state index contributed by atoms with van der Waals surface area (Å²) in [5.41, 5.74) is 0.388. The Morgan fingerprint density at radius 2 is 1.91 bits per heavy atom. The number of benzene rings is 1. The fourth-order valence-electron chi connectivity index (χ4n) is 4.04. The van der Waals surface area contributed by atoms with Crippen LogP contribution in [0.3, 0.4) is 0 Å². The van der Waals surface area contributed by atoms with Crippen LogP contribution < -0.4 is 10.2 Å². The fraction of sp³-hybridized carbons (Fsp3) is 0.435. The number of fused-ring (bicyclic) bond motifs is 1. The van der Waals surface area contributed by atoms with E-state index in [9.17, 15) is 19.0 Å². The molecule has 2 atom stereocenters. The van der Waals surface area contributed by atoms with Crippen LogP contribution in [0.5, 0.6) is 0 Å². The van der Waals surface area contributed by atoms with Crippen molar-refractivity contribution in [2.24, 2.45) is 0 Å². The normalized spacial score (nSPS) is 17.5. The molecule has 1 saturated heterocycles. The molecule has 0 spiro atoms. The first-order chi connectivity index (χ1) is 15.4. The minimum atomic E-state index is -3.73. The van der Waals surface area contributed by atoms with Crippen molar-refractivity contribution >= 4 is 22.4 Å². The zero-order valence-electron chi connectivity index (χ0n) is 18.8. The third-order valence-electron chi connectivity index (χ3n) is 5.93. The van der Waals surface area contributed by atoms with E-state index in [1.165, 1.54) is 12.1 Å². The minimum Gasteiger partial charge on any atom is -0.387 e. The Hall–Kier alpha value is -2.98. The summed E-state index contributed by atoms with van der Waals surface area (Å²) in [6.45, 7) is 7.00. The average molecular weight is 461 g/mol. The number of aromatic nitrogens is 3. The summed E-state index contributed by atoms with van der Waals surface area (Å²) in [6.07, 6.45) is -0.343. The summed E-state index contributed by atoms with van der Waals surface area (Å²) in [6, 6.07) is 4.84. The molecule has 0 bridgehead atoms. The maximum atomic E-state index is 15.0. The van der Waals surface area contributed by atoms with Crippen molar-refractivity contribution in [1.82, 2.24) is 15.2 Å². The molecule has 1 aliphatic rings. The molecule has 2 aromatic heterocycles. The molecule has 4 rings (SSSR count). The van der Waals surface area contributed by atoms with E-state index < -0.39 is 35.1 Å². The predicted molar refractivity (Wildman–Crippen MR) is 119 cm³/mol. The Morgan fingerprint density at radius 3 is 2.55 bits per heavy atom. The van der Waals surface area contributed by atoms with Gasteiger partial charge in [-0.3, -0.25) is 4.98 Å². The van der Waals surface area contributed by atoms with Gasteiger partial charge < -0.3 is 20.4 Å². The summed E-state index contributed by atoms with van der Waals surface area (Å²) in [5, 5.41) is 31.5. The topological polar surface area (TPSA) is 94.4 Å². The smallest absolute Gasteiger partial charge is 0.301 e. The molecule has 1 aromatic carbocycles. The lowest BCUT2D eigenvalue weighted by Gasteiger charge is -2.45. The molecule has 0 radical (unpaired) electrons. The molecule has 0 saturated carbocycles. The number of rotatable bonds is 6. The highest BCUT2D eigenvalue weighted by Crippen LogP contribution is 2.37. The number of aryl methyl sites for hydroxylation is 1. The second-order valence-corrected chi connectivity index (χ2v) is 8.95. The number of aliphatic hydroxyl groups is 2. The van der Waals surface area contributed by atoms with Crippen molar-refractivity contribution in [2.45, 2.75) is 51.4 Å². The molecule has 0 aliphatic carbocycles. The van der Waals surface area contributed by atoms with Crippen molar-refractivity contribution in [2.75, 3.05) is 23.3 Å². The number of nitrogens with zero attached hydrogens (tertiary/aromatic N) is 4. The molecule has 3 heterocycles. The van der Waals surface area contributed by atoms with Crippen LogP contribution in [-0.2, 0) is 5.92 Å². The predicted octanol–water partition coefficient (Wildman–Crippen LogP) is 3.69. The Labute approximate surface area is 189 Å². The van der Waals surface area contributed by atoms with Crippen LogP contribution in [0.1, 0.15) is 43.6 Å². The van der Waals surface area contributed by atoms with E-state index >= 15 is 4.39 Å². The van der Waals surface area contributed by atoms with Crippen LogP contribution in [0, 0.1) is 12.7 Å². The molecule has 0 amide bonds. The van der Waals surface area contributed by atoms with E-state index in [4.69, 9.17) is 0 Å². The molecular weight excluding hydrogens is 435 g/mol. The maximum absolute atomic E-state index is 15.0. The lowest BCUT2D eigenvalue weighted by Crippen LogP contribution is -2.60. The first kappa shape index (κ1) is 23.2. The van der Waals surface area contributed by atoms with Crippen molar-refractivity contribution < 1.29 is 23.4 Å². The van der Waals surface area contributed by atoms with Crippen molar-refractivity contribution in [1.29, 1.82) is 0 Å². The summed E-state index contributed by atoms with van der Waals surface area (Å²) >= 11 is 0. The molecule has 3 N–H and O–H groups in total. The highest BCUT2D eigenvalue weighted by atomic mass is 19.3. The van der Waals surface area contributed by atoms with E-state index in [0.29, 0.717) is 35.5 Å². The van der Waals surface area contributed by atoms with Gasteiger partial charge in [-0.25, -0.2) is 4.39 Å². The van der Waals surface area contributed by atoms with Gasteiger partial charge in [-0.1, -0.05) is 12.1 Å². The number of anilines is 2. The van der Waals surface area contributed by atoms with Gasteiger partial charge in [-0.2, -0.15) is 13.9 Å². The second kappa shape index (κ2) is 8.11. The maximum Gasteiger partial charge on any atom is 0.301 e. The van der Waals surface area contributed by atoms with Crippen LogP contribution in [0.15, 0.2) is 30.5 Å². The van der Waals surface area contributed by atoms with Gasteiger partial charge in [0.15, 0.2) is 5.82 Å². The Bertz CT molecular complexity index is 1190. The van der Waals surface area contributed by atoms with Crippen molar-refractivity contribution in [3.8, 4) is 0 Å². The lowest BCUT2D eigenvalue weighted by atomic mass is 9.96. The number of halogens is 3. The van der Waals surface area contributed by atoms with E-state index in [1.807, 2.05) is 11.0 Å². The monoisotopic (exact) mass is 461 g/mol. The Kier molecular flexibility index (Phi) is 5.69. The first-order valence-electron chi connectivity index (χ1n) is 10.6. The summed E-state index contributed by atoms with van der Waals surface area (Å²) in [5.74, 6) is -4.49. The summed E-state index contributed by atoms with van der Waals surface area (Å²) in [4.78, 5) is 6.46. The van der Waals surface area contributed by atoms with E-state index in [-0.39, 0.29) is 5.56 Å². The Balaban J connectivity index is 1.69. The van der Waals surface area contributed by atoms with Gasteiger partial charge in [0.2, 0.25) is 0 Å². The highest BCUT2D eigenvalue weighted by molar-refractivity contribution is 5.92. The molecule has 1 unspecified atom stereocenters. The third kappa shape index (κ3) is 4.20. The van der Waals surface area contributed by atoms with Gasteiger partial charge in [0.1, 0.15) is 11.9 Å². The largest absolute Gasteiger partial charge is 0.387 e. The van der Waals surface area contributed by atoms with Gasteiger partial charge >= 0.3 is 5.92 Å². The number of nitrogens with one attached hydrogen (secondary N) is 1. The number of hydrogen-bond donors (Lipinski definition) is 3. The average Bonchev–Trinajstić information content (AvgIpc) is 2.73. The van der Waals surface area contributed by atoms with Crippen LogP contribution >= 0.6 is 0 Å². The number of aliphatic hydroxyl groups excluding tert-OH is 1. The highest BCUT2D eigenvalue weighted by Gasteiger charge is 2.41. The SMILES string of the molecule is Cc1nnc(N[C@H](C)c2cccc(C(F)(F)C(C)O)c2F)c2cc(N3CC(C)(O)C3)cnc12. The molecule has 1 fully saturated rings. The second-order valence-electron chi connectivity index (χ2n) is 8.95. The Morgan fingerprint density at radius 1 is 1.21 bits per heavy atom. The number of β-amino-alcohol motifs (C(OH)–C–C–N with tert-alkyl or cyclic N) is 1. The number of alkyl halides is 2. The van der Waals surface area contributed by atoms with Crippen LogP contribution in [-0.4, -0.2) is 50.2 Å². The standard InChI is InChI=1S/C23H26F3N5O2/c1-12(16-6-5-7-18(19(16)24)23(25,26)14(3)32)28-21-17-8-15(31-10-22(4,33)11-31)9-27-20(17)13(2)29-30-21/h5-9,12,14,32-33H,10-11H2,1-4H3,(H,28,30)/t12-,14?/m1/s1. The van der Waals surface area contributed by atoms with Gasteiger partial charge in [0, 0.05) is 24.0 Å². The van der Waals surface area contributed by atoms with Crippen molar-refractivity contribution in [3.05, 3.63) is 53.1 Å². The minimum absolute atomic E-state index is 0.00579. The van der Waals surface area contributed by atoms with Gasteiger partial charge in [-0.15, -0.1) is 5.10 Å². The molecule has 1 aliphatic heterocycles. The van der Waals surface area contributed by atoms with Crippen molar-refractivity contribution in [3.63, 3.8) is 0 Å². The zero-order valence-corrected chi connectivity index (χ0v) is 18.8. The van der Waals surface area contributed by atoms with E-state index in [0.717, 1.165) is 18.7 Å². The molecule has 10 heteroatoms. The van der Waals surface area contributed by atoms with Crippen LogP contribution in [0.4, 0.5) is 24.7 Å². The molecular formula is C23H26F3N5O2.